The number of amides is 1. The number of nitrogens with zero attached hydrogens (tertiary/aromatic N) is 4. The van der Waals surface area contributed by atoms with E-state index in [0.29, 0.717) is 11.6 Å². The molecule has 0 radical (unpaired) electrons. The summed E-state index contributed by atoms with van der Waals surface area (Å²) in [4.78, 5) is 16.6. The van der Waals surface area contributed by atoms with Crippen LogP contribution < -0.4 is 5.32 Å². The highest BCUT2D eigenvalue weighted by atomic mass is 79.9. The number of anilines is 1. The maximum absolute atomic E-state index is 12.6. The van der Waals surface area contributed by atoms with Gasteiger partial charge in [-0.05, 0) is 42.8 Å². The average Bonchev–Trinajstić information content (AvgIpc) is 3.02. The Morgan fingerprint density at radius 1 is 1.19 bits per heavy atom. The van der Waals surface area contributed by atoms with Crippen LogP contribution in [0.25, 0.3) is 11.4 Å². The molecule has 2 aromatic heterocycles. The number of nitrogens with one attached hydrogen (secondary N) is 1. The van der Waals surface area contributed by atoms with E-state index in [4.69, 9.17) is 0 Å². The van der Waals surface area contributed by atoms with E-state index in [2.05, 4.69) is 36.4 Å². The number of pyridine rings is 1. The fraction of sp³-hybridized carbons (Fsp3) is 0.222. The van der Waals surface area contributed by atoms with Gasteiger partial charge in [0.05, 0.1) is 5.25 Å². The predicted octanol–water partition coefficient (Wildman–Crippen LogP) is 4.15. The Labute approximate surface area is 164 Å². The van der Waals surface area contributed by atoms with Gasteiger partial charge in [-0.1, -0.05) is 34.6 Å². The van der Waals surface area contributed by atoms with Crippen molar-refractivity contribution >= 4 is 39.3 Å². The van der Waals surface area contributed by atoms with Crippen molar-refractivity contribution in [3.05, 3.63) is 53.3 Å². The molecule has 6 nitrogen and oxygen atoms in total. The van der Waals surface area contributed by atoms with Crippen LogP contribution in [-0.2, 0) is 11.8 Å². The standard InChI is InChI=1S/C18H18BrN5OS/c1-3-15(17(25)21-14-6-4-13(19)5-7-14)26-18-23-22-16(24(18)2)12-8-10-20-11-9-12/h4-11,15H,3H2,1-2H3,(H,21,25). The van der Waals surface area contributed by atoms with Gasteiger partial charge < -0.3 is 9.88 Å². The molecule has 0 saturated heterocycles. The lowest BCUT2D eigenvalue weighted by Crippen LogP contribution is -2.25. The van der Waals surface area contributed by atoms with Crippen LogP contribution in [0.4, 0.5) is 5.69 Å². The summed E-state index contributed by atoms with van der Waals surface area (Å²) >= 11 is 4.80. The number of benzene rings is 1. The Hall–Kier alpha value is -2.19. The second-order valence-corrected chi connectivity index (χ2v) is 7.70. The number of aromatic nitrogens is 4. The van der Waals surface area contributed by atoms with Crippen LogP contribution in [0, 0.1) is 0 Å². The largest absolute Gasteiger partial charge is 0.325 e. The molecule has 0 saturated carbocycles. The number of halogens is 1. The van der Waals surface area contributed by atoms with Crippen molar-refractivity contribution in [3.63, 3.8) is 0 Å². The van der Waals surface area contributed by atoms with Crippen molar-refractivity contribution in [2.75, 3.05) is 5.32 Å². The van der Waals surface area contributed by atoms with Crippen LogP contribution in [0.3, 0.4) is 0 Å². The topological polar surface area (TPSA) is 72.7 Å². The molecule has 0 aliphatic carbocycles. The molecule has 0 bridgehead atoms. The van der Waals surface area contributed by atoms with Gasteiger partial charge in [0.1, 0.15) is 0 Å². The Balaban J connectivity index is 1.73. The zero-order valence-corrected chi connectivity index (χ0v) is 16.8. The fourth-order valence-electron chi connectivity index (χ4n) is 2.38. The molecule has 1 amide bonds. The van der Waals surface area contributed by atoms with Gasteiger partial charge in [-0.15, -0.1) is 10.2 Å². The van der Waals surface area contributed by atoms with Gasteiger partial charge in [0.15, 0.2) is 11.0 Å². The third kappa shape index (κ3) is 4.31. The average molecular weight is 432 g/mol. The van der Waals surface area contributed by atoms with Crippen LogP contribution in [0.15, 0.2) is 58.4 Å². The van der Waals surface area contributed by atoms with Gasteiger partial charge >= 0.3 is 0 Å². The van der Waals surface area contributed by atoms with Crippen molar-refractivity contribution in [2.45, 2.75) is 23.8 Å². The molecule has 0 aliphatic rings. The molecule has 0 fully saturated rings. The summed E-state index contributed by atoms with van der Waals surface area (Å²) in [7, 11) is 1.90. The molecule has 1 N–H and O–H groups in total. The summed E-state index contributed by atoms with van der Waals surface area (Å²) in [6, 6.07) is 11.3. The van der Waals surface area contributed by atoms with E-state index < -0.39 is 0 Å². The monoisotopic (exact) mass is 431 g/mol. The Morgan fingerprint density at radius 2 is 1.88 bits per heavy atom. The molecule has 2 heterocycles. The summed E-state index contributed by atoms with van der Waals surface area (Å²) in [6.07, 6.45) is 4.12. The molecule has 26 heavy (non-hydrogen) atoms. The summed E-state index contributed by atoms with van der Waals surface area (Å²) in [5, 5.41) is 11.9. The van der Waals surface area contributed by atoms with Crippen molar-refractivity contribution < 1.29 is 4.79 Å². The maximum Gasteiger partial charge on any atom is 0.237 e. The number of carbonyl (C=O) groups excluding carboxylic acids is 1. The van der Waals surface area contributed by atoms with E-state index >= 15 is 0 Å². The van der Waals surface area contributed by atoms with E-state index in [1.807, 2.05) is 54.9 Å². The third-order valence-electron chi connectivity index (χ3n) is 3.80. The minimum Gasteiger partial charge on any atom is -0.325 e. The molecule has 3 rings (SSSR count). The lowest BCUT2D eigenvalue weighted by Gasteiger charge is -2.14. The van der Waals surface area contributed by atoms with Crippen LogP contribution in [-0.4, -0.2) is 30.9 Å². The van der Waals surface area contributed by atoms with E-state index in [0.717, 1.165) is 21.5 Å². The van der Waals surface area contributed by atoms with Gasteiger partial charge in [-0.25, -0.2) is 0 Å². The lowest BCUT2D eigenvalue weighted by molar-refractivity contribution is -0.115. The number of hydrogen-bond donors (Lipinski definition) is 1. The minimum atomic E-state index is -0.258. The normalized spacial score (nSPS) is 12.0. The highest BCUT2D eigenvalue weighted by Gasteiger charge is 2.22. The molecular weight excluding hydrogens is 414 g/mol. The maximum atomic E-state index is 12.6. The van der Waals surface area contributed by atoms with E-state index in [-0.39, 0.29) is 11.2 Å². The second-order valence-electron chi connectivity index (χ2n) is 5.61. The summed E-state index contributed by atoms with van der Waals surface area (Å²) in [5.74, 6) is 0.700. The molecular formula is C18H18BrN5OS. The first-order chi connectivity index (χ1) is 12.6. The van der Waals surface area contributed by atoms with Crippen molar-refractivity contribution in [1.29, 1.82) is 0 Å². The first-order valence-corrected chi connectivity index (χ1v) is 9.78. The third-order valence-corrected chi connectivity index (χ3v) is 5.72. The zero-order valence-electron chi connectivity index (χ0n) is 14.4. The van der Waals surface area contributed by atoms with E-state index in [9.17, 15) is 4.79 Å². The van der Waals surface area contributed by atoms with Gasteiger partial charge in [0.25, 0.3) is 0 Å². The van der Waals surface area contributed by atoms with Crippen molar-refractivity contribution in [3.8, 4) is 11.4 Å². The number of thioether (sulfide) groups is 1. The number of carbonyl (C=O) groups is 1. The molecule has 0 spiro atoms. The molecule has 134 valence electrons. The summed E-state index contributed by atoms with van der Waals surface area (Å²) < 4.78 is 2.87. The Kier molecular flexibility index (Phi) is 6.05. The van der Waals surface area contributed by atoms with Gasteiger partial charge in [-0.2, -0.15) is 0 Å². The minimum absolute atomic E-state index is 0.0479. The smallest absolute Gasteiger partial charge is 0.237 e. The molecule has 3 aromatic rings. The quantitative estimate of drug-likeness (QED) is 0.593. The molecule has 0 aliphatic heterocycles. The molecule has 1 atom stereocenters. The highest BCUT2D eigenvalue weighted by Crippen LogP contribution is 2.28. The zero-order chi connectivity index (χ0) is 18.5. The molecule has 1 aromatic carbocycles. The SMILES string of the molecule is CCC(Sc1nnc(-c2ccncc2)n1C)C(=O)Nc1ccc(Br)cc1. The van der Waals surface area contributed by atoms with Crippen molar-refractivity contribution in [2.24, 2.45) is 7.05 Å². The number of hydrogen-bond acceptors (Lipinski definition) is 5. The van der Waals surface area contributed by atoms with Gasteiger partial charge in [-0.3, -0.25) is 9.78 Å². The van der Waals surface area contributed by atoms with Gasteiger partial charge in [0, 0.05) is 35.2 Å². The Bertz CT molecular complexity index is 882. The number of rotatable bonds is 6. The van der Waals surface area contributed by atoms with Crippen molar-refractivity contribution in [1.82, 2.24) is 19.7 Å². The van der Waals surface area contributed by atoms with E-state index in [1.54, 1.807) is 12.4 Å². The predicted molar refractivity (Wildman–Crippen MR) is 107 cm³/mol. The lowest BCUT2D eigenvalue weighted by atomic mass is 10.2. The second kappa shape index (κ2) is 8.46. The van der Waals surface area contributed by atoms with Crippen LogP contribution >= 0.6 is 27.7 Å². The first kappa shape index (κ1) is 18.6. The highest BCUT2D eigenvalue weighted by molar-refractivity contribution is 9.10. The Morgan fingerprint density at radius 3 is 2.54 bits per heavy atom. The summed E-state index contributed by atoms with van der Waals surface area (Å²) in [6.45, 7) is 1.99. The first-order valence-electron chi connectivity index (χ1n) is 8.11. The van der Waals surface area contributed by atoms with Crippen LogP contribution in [0.5, 0.6) is 0 Å². The van der Waals surface area contributed by atoms with Crippen LogP contribution in [0.2, 0.25) is 0 Å². The van der Waals surface area contributed by atoms with Crippen LogP contribution in [0.1, 0.15) is 13.3 Å². The molecule has 8 heteroatoms. The molecule has 1 unspecified atom stereocenters. The van der Waals surface area contributed by atoms with Gasteiger partial charge in [0.2, 0.25) is 5.91 Å². The van der Waals surface area contributed by atoms with E-state index in [1.165, 1.54) is 11.8 Å². The fourth-order valence-corrected chi connectivity index (χ4v) is 3.56. The summed E-state index contributed by atoms with van der Waals surface area (Å²) in [5.41, 5.74) is 1.71.